The van der Waals surface area contributed by atoms with Crippen molar-refractivity contribution in [2.75, 3.05) is 9.96 Å². The molecule has 0 N–H and O–H groups in total. The lowest BCUT2D eigenvalue weighted by atomic mass is 9.43. The molecular weight excluding hydrogens is 646 g/mol. The Hall–Kier alpha value is -5.12. The highest BCUT2D eigenvalue weighted by Gasteiger charge is 2.87. The van der Waals surface area contributed by atoms with Crippen LogP contribution in [-0.2, 0) is 14.4 Å². The van der Waals surface area contributed by atoms with E-state index in [2.05, 4.69) is 28.1 Å². The van der Waals surface area contributed by atoms with Crippen molar-refractivity contribution in [2.45, 2.75) is 23.5 Å². The highest BCUT2D eigenvalue weighted by molar-refractivity contribution is 9.10. The van der Waals surface area contributed by atoms with Crippen LogP contribution in [0.5, 0.6) is 0 Å². The number of hydrogen-bond donors (Lipinski definition) is 0. The van der Waals surface area contributed by atoms with Crippen molar-refractivity contribution in [1.82, 2.24) is 0 Å². The number of nitro groups is 1. The standard InChI is InChI=1S/C37H24BrN3O5/c38-23-10-8-9-22(21-23)33-36-31-27-13-4-6-15-29(27)32(30-16-7-5-14-28(30)31)37(36,46-40(33)25-11-2-1-3-12-25)35(43)39(34(36)42)24-17-19-26(20-18-24)41(44)45/h1-21,31-33H. The Bertz CT molecular complexity index is 2070. The number of anilines is 2. The summed E-state index contributed by atoms with van der Waals surface area (Å²) >= 11 is 3.65. The van der Waals surface area contributed by atoms with Gasteiger partial charge in [-0.2, -0.15) is 0 Å². The summed E-state index contributed by atoms with van der Waals surface area (Å²) in [6.07, 6.45) is 0. The molecule has 3 unspecified atom stereocenters. The molecule has 10 rings (SSSR count). The van der Waals surface area contributed by atoms with E-state index in [1.165, 1.54) is 29.2 Å². The van der Waals surface area contributed by atoms with Gasteiger partial charge in [-0.25, -0.2) is 9.96 Å². The monoisotopic (exact) mass is 669 g/mol. The minimum atomic E-state index is -1.66. The number of halogens is 1. The first-order valence-electron chi connectivity index (χ1n) is 15.0. The van der Waals surface area contributed by atoms with Gasteiger partial charge >= 0.3 is 0 Å². The number of imide groups is 1. The molecule has 3 aliphatic carbocycles. The van der Waals surface area contributed by atoms with Crippen LogP contribution in [-0.4, -0.2) is 22.3 Å². The van der Waals surface area contributed by atoms with Crippen LogP contribution >= 0.6 is 15.9 Å². The van der Waals surface area contributed by atoms with E-state index in [1.807, 2.05) is 91.0 Å². The summed E-state index contributed by atoms with van der Waals surface area (Å²) in [5.74, 6) is -2.02. The number of nitro benzene ring substituents is 1. The summed E-state index contributed by atoms with van der Waals surface area (Å²) in [6, 6.07) is 38.4. The highest BCUT2D eigenvalue weighted by atomic mass is 79.9. The van der Waals surface area contributed by atoms with E-state index in [0.717, 1.165) is 38.0 Å². The first-order chi connectivity index (χ1) is 22.4. The van der Waals surface area contributed by atoms with E-state index in [-0.39, 0.29) is 11.4 Å². The Morgan fingerprint density at radius 2 is 1.26 bits per heavy atom. The van der Waals surface area contributed by atoms with Gasteiger partial charge in [0, 0.05) is 22.5 Å². The fraction of sp³-hybridized carbons (Fsp3) is 0.135. The zero-order valence-corrected chi connectivity index (χ0v) is 25.7. The Morgan fingerprint density at radius 3 is 1.85 bits per heavy atom. The van der Waals surface area contributed by atoms with Crippen LogP contribution in [0.1, 0.15) is 45.7 Å². The van der Waals surface area contributed by atoms with E-state index in [1.54, 1.807) is 5.06 Å². The Labute approximate surface area is 272 Å². The van der Waals surface area contributed by atoms with Crippen molar-refractivity contribution in [3.8, 4) is 0 Å². The number of benzene rings is 5. The molecule has 46 heavy (non-hydrogen) atoms. The molecule has 3 atom stereocenters. The van der Waals surface area contributed by atoms with Crippen LogP contribution in [0, 0.1) is 15.5 Å². The van der Waals surface area contributed by atoms with Crippen molar-refractivity contribution in [3.05, 3.63) is 170 Å². The number of carbonyl (C=O) groups is 2. The van der Waals surface area contributed by atoms with Gasteiger partial charge in [-0.15, -0.1) is 0 Å². The SMILES string of the molecule is O=C1N(c2ccc([N+](=O)[O-])cc2)C(=O)C23C4c5ccccc5C(c5ccccc54)C12ON(c1ccccc1)C3c1cccc(Br)c1. The van der Waals surface area contributed by atoms with Gasteiger partial charge in [-0.05, 0) is 64.2 Å². The molecule has 8 nitrogen and oxygen atoms in total. The van der Waals surface area contributed by atoms with Crippen LogP contribution in [0.25, 0.3) is 0 Å². The van der Waals surface area contributed by atoms with Gasteiger partial charge in [0.1, 0.15) is 11.5 Å². The Balaban J connectivity index is 1.41. The Morgan fingerprint density at radius 1 is 0.674 bits per heavy atom. The average molecular weight is 671 g/mol. The molecule has 224 valence electrons. The molecule has 5 aromatic rings. The van der Waals surface area contributed by atoms with E-state index in [4.69, 9.17) is 4.84 Å². The van der Waals surface area contributed by atoms with Crippen LogP contribution in [0.15, 0.2) is 132 Å². The van der Waals surface area contributed by atoms with Crippen LogP contribution in [0.3, 0.4) is 0 Å². The second-order valence-electron chi connectivity index (χ2n) is 12.2. The number of hydroxylamine groups is 1. The molecule has 2 saturated heterocycles. The van der Waals surface area contributed by atoms with E-state index < -0.39 is 45.6 Å². The number of rotatable bonds is 4. The fourth-order valence-electron chi connectivity index (χ4n) is 8.66. The molecule has 5 aromatic carbocycles. The van der Waals surface area contributed by atoms with Gasteiger partial charge in [-0.3, -0.25) is 24.5 Å². The molecular formula is C37H24BrN3O5. The normalized spacial score (nSPS) is 26.8. The zero-order valence-electron chi connectivity index (χ0n) is 24.1. The topological polar surface area (TPSA) is 93.0 Å². The average Bonchev–Trinajstić information content (AvgIpc) is 3.52. The number of carbonyl (C=O) groups excluding carboxylic acids is 2. The molecule has 0 aromatic heterocycles. The molecule has 5 aliphatic rings. The third-order valence-electron chi connectivity index (χ3n) is 10.2. The maximum absolute atomic E-state index is 15.7. The van der Waals surface area contributed by atoms with Crippen molar-refractivity contribution < 1.29 is 19.3 Å². The van der Waals surface area contributed by atoms with Crippen LogP contribution < -0.4 is 9.96 Å². The number of nitrogens with zero attached hydrogens (tertiary/aromatic N) is 3. The fourth-order valence-corrected chi connectivity index (χ4v) is 9.08. The molecule has 2 amide bonds. The minimum Gasteiger partial charge on any atom is -0.273 e. The molecule has 9 heteroatoms. The van der Waals surface area contributed by atoms with E-state index >= 15 is 9.59 Å². The number of para-hydroxylation sites is 1. The first-order valence-corrected chi connectivity index (χ1v) is 15.8. The lowest BCUT2D eigenvalue weighted by Crippen LogP contribution is -2.63. The lowest BCUT2D eigenvalue weighted by molar-refractivity contribution is -0.384. The Kier molecular flexibility index (Phi) is 5.59. The molecule has 0 saturated carbocycles. The molecule has 0 radical (unpaired) electrons. The number of amides is 2. The second-order valence-corrected chi connectivity index (χ2v) is 13.1. The maximum Gasteiger partial charge on any atom is 0.271 e. The maximum atomic E-state index is 15.7. The van der Waals surface area contributed by atoms with Gasteiger partial charge in [0.2, 0.25) is 11.5 Å². The molecule has 2 fully saturated rings. The zero-order chi connectivity index (χ0) is 31.4. The van der Waals surface area contributed by atoms with Crippen molar-refractivity contribution in [1.29, 1.82) is 0 Å². The smallest absolute Gasteiger partial charge is 0.271 e. The molecule has 2 heterocycles. The lowest BCUT2D eigenvalue weighted by Gasteiger charge is -2.55. The van der Waals surface area contributed by atoms with Crippen LogP contribution in [0.2, 0.25) is 0 Å². The quantitative estimate of drug-likeness (QED) is 0.112. The molecule has 0 spiro atoms. The van der Waals surface area contributed by atoms with Gasteiger partial charge in [0.05, 0.1) is 22.2 Å². The van der Waals surface area contributed by atoms with Gasteiger partial charge in [-0.1, -0.05) is 94.8 Å². The number of hydrogen-bond acceptors (Lipinski definition) is 6. The second kappa shape index (κ2) is 9.45. The summed E-state index contributed by atoms with van der Waals surface area (Å²) in [7, 11) is 0. The van der Waals surface area contributed by atoms with Crippen molar-refractivity contribution >= 4 is 44.8 Å². The van der Waals surface area contributed by atoms with Gasteiger partial charge in [0.25, 0.3) is 11.6 Å². The summed E-state index contributed by atoms with van der Waals surface area (Å²) < 4.78 is 0.831. The van der Waals surface area contributed by atoms with E-state index in [0.29, 0.717) is 0 Å². The summed E-state index contributed by atoms with van der Waals surface area (Å²) in [4.78, 5) is 50.5. The first kappa shape index (κ1) is 27.2. The van der Waals surface area contributed by atoms with Gasteiger partial charge < -0.3 is 0 Å². The number of non-ortho nitro benzene ring substituents is 1. The molecule has 2 bridgehead atoms. The highest BCUT2D eigenvalue weighted by Crippen LogP contribution is 2.77. The van der Waals surface area contributed by atoms with Crippen molar-refractivity contribution in [2.24, 2.45) is 5.41 Å². The van der Waals surface area contributed by atoms with Crippen molar-refractivity contribution in [3.63, 3.8) is 0 Å². The summed E-state index contributed by atoms with van der Waals surface area (Å²) in [5.41, 5.74) is 2.46. The predicted molar refractivity (Wildman–Crippen MR) is 174 cm³/mol. The van der Waals surface area contributed by atoms with Crippen LogP contribution in [0.4, 0.5) is 17.1 Å². The predicted octanol–water partition coefficient (Wildman–Crippen LogP) is 7.44. The summed E-state index contributed by atoms with van der Waals surface area (Å²) in [5, 5.41) is 13.3. The third kappa shape index (κ3) is 3.16. The van der Waals surface area contributed by atoms with E-state index in [9.17, 15) is 10.1 Å². The summed E-state index contributed by atoms with van der Waals surface area (Å²) in [6.45, 7) is 0. The minimum absolute atomic E-state index is 0.129. The third-order valence-corrected chi connectivity index (χ3v) is 10.7. The largest absolute Gasteiger partial charge is 0.273 e. The molecule has 2 aliphatic heterocycles. The van der Waals surface area contributed by atoms with Gasteiger partial charge in [0.15, 0.2) is 0 Å².